The number of hydrogen-bond donors (Lipinski definition) is 0. The molecule has 2 atom stereocenters. The van der Waals surface area contributed by atoms with Crippen molar-refractivity contribution in [2.75, 3.05) is 26.4 Å². The van der Waals surface area contributed by atoms with Crippen molar-refractivity contribution < 1.29 is 4.79 Å². The molecule has 1 aromatic carbocycles. The van der Waals surface area contributed by atoms with Crippen LogP contribution in [0.2, 0.25) is 10.0 Å². The molecule has 1 rings (SSSR count). The summed E-state index contributed by atoms with van der Waals surface area (Å²) in [6.07, 6.45) is 5.04. The van der Waals surface area contributed by atoms with Crippen molar-refractivity contribution in [3.63, 3.8) is 0 Å². The molecular weight excluding hydrogens is 373 g/mol. The quantitative estimate of drug-likeness (QED) is 0.371. The largest absolute Gasteiger partial charge is 0.309 e. The zero-order valence-electron chi connectivity index (χ0n) is 15.9. The first kappa shape index (κ1) is 22.8. The number of rotatable bonds is 12. The van der Waals surface area contributed by atoms with Crippen molar-refractivity contribution in [2.45, 2.75) is 51.2 Å². The Kier molecular flexibility index (Phi) is 11.2. The summed E-state index contributed by atoms with van der Waals surface area (Å²) >= 11 is 14.0. The van der Waals surface area contributed by atoms with Crippen LogP contribution in [0.5, 0.6) is 0 Å². The highest BCUT2D eigenvalue weighted by molar-refractivity contribution is 7.99. The van der Waals surface area contributed by atoms with Gasteiger partial charge in [-0.2, -0.15) is 11.8 Å². The number of carbonyl (C=O) groups is 1. The molecule has 1 aromatic rings. The van der Waals surface area contributed by atoms with Gasteiger partial charge in [0.25, 0.3) is 0 Å². The predicted octanol–water partition coefficient (Wildman–Crippen LogP) is 6.50. The smallest absolute Gasteiger partial charge is 0.138 e. The van der Waals surface area contributed by atoms with Gasteiger partial charge in [0.1, 0.15) is 5.78 Å². The van der Waals surface area contributed by atoms with Gasteiger partial charge in [0.05, 0.1) is 10.0 Å². The molecule has 0 aliphatic rings. The van der Waals surface area contributed by atoms with Gasteiger partial charge in [0.15, 0.2) is 0 Å². The summed E-state index contributed by atoms with van der Waals surface area (Å²) in [5.41, 5.74) is 1.09. The normalized spacial score (nSPS) is 13.9. The van der Waals surface area contributed by atoms with Crippen molar-refractivity contribution in [3.8, 4) is 0 Å². The minimum atomic E-state index is 0.115. The van der Waals surface area contributed by atoms with Gasteiger partial charge in [-0.05, 0) is 44.0 Å². The number of nitrogens with zero attached hydrogens (tertiary/aromatic N) is 1. The van der Waals surface area contributed by atoms with Crippen molar-refractivity contribution in [3.05, 3.63) is 33.8 Å². The monoisotopic (exact) mass is 403 g/mol. The second-order valence-electron chi connectivity index (χ2n) is 6.74. The van der Waals surface area contributed by atoms with E-state index in [1.807, 2.05) is 32.3 Å². The number of Topliss-reactive ketones (excluding diaryl/α,β-unsaturated/α-hetero) is 1. The minimum absolute atomic E-state index is 0.115. The highest BCUT2D eigenvalue weighted by Gasteiger charge is 2.24. The van der Waals surface area contributed by atoms with Crippen LogP contribution in [0.1, 0.15) is 56.8 Å². The summed E-state index contributed by atoms with van der Waals surface area (Å²) in [7, 11) is 4.08. The first-order chi connectivity index (χ1) is 11.9. The summed E-state index contributed by atoms with van der Waals surface area (Å²) < 4.78 is 0. The molecule has 0 saturated heterocycles. The van der Waals surface area contributed by atoms with Crippen molar-refractivity contribution in [1.82, 2.24) is 4.90 Å². The van der Waals surface area contributed by atoms with E-state index in [1.54, 1.807) is 11.8 Å². The lowest BCUT2D eigenvalue weighted by molar-refractivity contribution is -0.123. The van der Waals surface area contributed by atoms with Crippen molar-refractivity contribution >= 4 is 40.7 Å². The lowest BCUT2D eigenvalue weighted by Crippen LogP contribution is -2.28. The SMILES string of the molecule is CCCCC[C@H](CN(C)C)C(=O)C[C@H](SCC)c1ccc(Cl)c(Cl)c1. The maximum absolute atomic E-state index is 13.0. The molecule has 0 aromatic heterocycles. The Bertz CT molecular complexity index is 536. The molecule has 0 unspecified atom stereocenters. The van der Waals surface area contributed by atoms with Crippen molar-refractivity contribution in [2.24, 2.45) is 5.92 Å². The molecular formula is C20H31Cl2NOS. The summed E-state index contributed by atoms with van der Waals surface area (Å²) in [5, 5.41) is 1.26. The maximum Gasteiger partial charge on any atom is 0.138 e. The Balaban J connectivity index is 2.84. The second-order valence-corrected chi connectivity index (χ2v) is 9.04. The average Bonchev–Trinajstić information content (AvgIpc) is 2.56. The number of unbranched alkanes of at least 4 members (excludes halogenated alkanes) is 2. The standard InChI is InChI=1S/C20H31Cl2NOS/c1-5-7-8-9-16(14-23(3)4)19(24)13-20(25-6-2)15-10-11-17(21)18(22)12-15/h10-12,16,20H,5-9,13-14H2,1-4H3/t16-,20+/m1/s1. The Hall–Kier alpha value is -0.220. The van der Waals surface area contributed by atoms with Gasteiger partial charge in [-0.3, -0.25) is 4.79 Å². The van der Waals surface area contributed by atoms with E-state index in [1.165, 1.54) is 12.8 Å². The third-order valence-corrected chi connectivity index (χ3v) is 6.18. The zero-order chi connectivity index (χ0) is 18.8. The molecule has 0 N–H and O–H groups in total. The fourth-order valence-electron chi connectivity index (χ4n) is 2.97. The molecule has 2 nitrogen and oxygen atoms in total. The Morgan fingerprint density at radius 1 is 1.16 bits per heavy atom. The first-order valence-electron chi connectivity index (χ1n) is 9.13. The van der Waals surface area contributed by atoms with E-state index in [9.17, 15) is 4.79 Å². The summed E-state index contributed by atoms with van der Waals surface area (Å²) in [6.45, 7) is 5.15. The van der Waals surface area contributed by atoms with Gasteiger partial charge in [-0.1, -0.05) is 62.4 Å². The molecule has 0 radical (unpaired) electrons. The molecule has 0 amide bonds. The Morgan fingerprint density at radius 3 is 2.44 bits per heavy atom. The van der Waals surface area contributed by atoms with E-state index in [2.05, 4.69) is 18.7 Å². The second kappa shape index (κ2) is 12.2. The number of ketones is 1. The average molecular weight is 404 g/mol. The molecule has 0 bridgehead atoms. The predicted molar refractivity (Wildman–Crippen MR) is 113 cm³/mol. The molecule has 0 heterocycles. The van der Waals surface area contributed by atoms with Crippen LogP contribution in [0.3, 0.4) is 0 Å². The van der Waals surface area contributed by atoms with Gasteiger partial charge in [-0.25, -0.2) is 0 Å². The first-order valence-corrected chi connectivity index (χ1v) is 10.9. The Labute approximate surface area is 167 Å². The zero-order valence-corrected chi connectivity index (χ0v) is 18.2. The third-order valence-electron chi connectivity index (χ3n) is 4.27. The summed E-state index contributed by atoms with van der Waals surface area (Å²) in [4.78, 5) is 15.1. The van der Waals surface area contributed by atoms with Crippen LogP contribution < -0.4 is 0 Å². The van der Waals surface area contributed by atoms with E-state index in [0.29, 0.717) is 22.2 Å². The van der Waals surface area contributed by atoms with E-state index in [-0.39, 0.29) is 11.2 Å². The fourth-order valence-corrected chi connectivity index (χ4v) is 4.30. The summed E-state index contributed by atoms with van der Waals surface area (Å²) in [6, 6.07) is 5.72. The number of benzene rings is 1. The molecule has 0 fully saturated rings. The van der Waals surface area contributed by atoms with Crippen LogP contribution in [0.4, 0.5) is 0 Å². The fraction of sp³-hybridized carbons (Fsp3) is 0.650. The molecule has 0 saturated carbocycles. The maximum atomic E-state index is 13.0. The van der Waals surface area contributed by atoms with E-state index >= 15 is 0 Å². The van der Waals surface area contributed by atoms with Crippen LogP contribution in [0, 0.1) is 5.92 Å². The van der Waals surface area contributed by atoms with Crippen LogP contribution in [0.15, 0.2) is 18.2 Å². The molecule has 0 aliphatic heterocycles. The lowest BCUT2D eigenvalue weighted by Gasteiger charge is -2.23. The van der Waals surface area contributed by atoms with E-state index in [4.69, 9.17) is 23.2 Å². The molecule has 25 heavy (non-hydrogen) atoms. The molecule has 5 heteroatoms. The lowest BCUT2D eigenvalue weighted by atomic mass is 9.92. The highest BCUT2D eigenvalue weighted by Crippen LogP contribution is 2.36. The molecule has 142 valence electrons. The molecule has 0 aliphatic carbocycles. The van der Waals surface area contributed by atoms with Gasteiger partial charge in [0.2, 0.25) is 0 Å². The highest BCUT2D eigenvalue weighted by atomic mass is 35.5. The number of hydrogen-bond acceptors (Lipinski definition) is 3. The van der Waals surface area contributed by atoms with Crippen LogP contribution in [-0.4, -0.2) is 37.1 Å². The number of halogens is 2. The summed E-state index contributed by atoms with van der Waals surface area (Å²) in [5.74, 6) is 1.44. The van der Waals surface area contributed by atoms with Crippen LogP contribution >= 0.6 is 35.0 Å². The Morgan fingerprint density at radius 2 is 1.88 bits per heavy atom. The third kappa shape index (κ3) is 8.34. The topological polar surface area (TPSA) is 20.3 Å². The van der Waals surface area contributed by atoms with Gasteiger partial charge in [0, 0.05) is 24.1 Å². The number of carbonyl (C=O) groups excluding carboxylic acids is 1. The van der Waals surface area contributed by atoms with E-state index < -0.39 is 0 Å². The van der Waals surface area contributed by atoms with Crippen molar-refractivity contribution in [1.29, 1.82) is 0 Å². The van der Waals surface area contributed by atoms with Gasteiger partial charge < -0.3 is 4.90 Å². The van der Waals surface area contributed by atoms with Crippen LogP contribution in [-0.2, 0) is 4.79 Å². The minimum Gasteiger partial charge on any atom is -0.309 e. The molecule has 0 spiro atoms. The van der Waals surface area contributed by atoms with Gasteiger partial charge >= 0.3 is 0 Å². The van der Waals surface area contributed by atoms with Gasteiger partial charge in [-0.15, -0.1) is 0 Å². The van der Waals surface area contributed by atoms with Crippen LogP contribution in [0.25, 0.3) is 0 Å². The number of thioether (sulfide) groups is 1. The van der Waals surface area contributed by atoms with E-state index in [0.717, 1.165) is 30.7 Å².